The first-order valence-corrected chi connectivity index (χ1v) is 10.6. The van der Waals surface area contributed by atoms with Crippen molar-refractivity contribution in [3.63, 3.8) is 0 Å². The lowest BCUT2D eigenvalue weighted by molar-refractivity contribution is 0.0986. The summed E-state index contributed by atoms with van der Waals surface area (Å²) in [6.45, 7) is 4.90. The molecule has 1 amide bonds. The molecule has 2 aromatic carbocycles. The van der Waals surface area contributed by atoms with Crippen LogP contribution in [-0.2, 0) is 6.54 Å². The summed E-state index contributed by atoms with van der Waals surface area (Å²) in [6, 6.07) is 14.7. The number of halogens is 2. The van der Waals surface area contributed by atoms with Crippen molar-refractivity contribution in [3.8, 4) is 0 Å². The van der Waals surface area contributed by atoms with Gasteiger partial charge in [0.25, 0.3) is 5.91 Å². The van der Waals surface area contributed by atoms with Gasteiger partial charge in [-0.3, -0.25) is 14.4 Å². The zero-order valence-electron chi connectivity index (χ0n) is 15.9. The topological polar surface area (TPSA) is 51.0 Å². The Morgan fingerprint density at radius 1 is 1.14 bits per heavy atom. The van der Waals surface area contributed by atoms with E-state index in [1.165, 1.54) is 11.3 Å². The summed E-state index contributed by atoms with van der Waals surface area (Å²) >= 11 is 13.9. The molecule has 0 radical (unpaired) electrons. The second kappa shape index (κ2) is 8.14. The van der Waals surface area contributed by atoms with Gasteiger partial charge in [-0.15, -0.1) is 0 Å². The Kier molecular flexibility index (Phi) is 5.58. The van der Waals surface area contributed by atoms with E-state index in [1.807, 2.05) is 48.9 Å². The predicted molar refractivity (Wildman–Crippen MR) is 119 cm³/mol. The lowest BCUT2D eigenvalue weighted by Gasteiger charge is -2.21. The molecule has 0 spiro atoms. The fourth-order valence-electron chi connectivity index (χ4n) is 3.16. The average molecular weight is 445 g/mol. The van der Waals surface area contributed by atoms with Gasteiger partial charge in [-0.05, 0) is 50.2 Å². The molecule has 0 N–H and O–H groups in total. The van der Waals surface area contributed by atoms with E-state index >= 15 is 0 Å². The Labute approximate surface area is 182 Å². The van der Waals surface area contributed by atoms with Crippen LogP contribution in [0.3, 0.4) is 0 Å². The molecule has 0 fully saturated rings. The molecule has 0 unspecified atom stereocenters. The minimum atomic E-state index is -0.238. The standard InChI is InChI=1S/C21H18Cl2N4OS/c1-13-11-14(2)27(25-13)10-9-26(20(28)16-12-15(22)7-8-17(16)23)21-24-18-5-3-4-6-19(18)29-21/h3-8,11-12H,9-10H2,1-2H3. The van der Waals surface area contributed by atoms with Gasteiger partial charge >= 0.3 is 0 Å². The third kappa shape index (κ3) is 4.15. The minimum Gasteiger partial charge on any atom is -0.282 e. The second-order valence-electron chi connectivity index (χ2n) is 6.70. The highest BCUT2D eigenvalue weighted by atomic mass is 35.5. The van der Waals surface area contributed by atoms with E-state index in [9.17, 15) is 4.79 Å². The first kappa shape index (κ1) is 19.9. The van der Waals surface area contributed by atoms with Crippen LogP contribution in [0.5, 0.6) is 0 Å². The Morgan fingerprint density at radius 2 is 1.93 bits per heavy atom. The zero-order chi connectivity index (χ0) is 20.5. The summed E-state index contributed by atoms with van der Waals surface area (Å²) < 4.78 is 2.91. The Balaban J connectivity index is 1.72. The molecule has 0 bridgehead atoms. The number of carbonyl (C=O) groups excluding carboxylic acids is 1. The van der Waals surface area contributed by atoms with Crippen molar-refractivity contribution in [2.24, 2.45) is 0 Å². The summed E-state index contributed by atoms with van der Waals surface area (Å²) in [4.78, 5) is 19.7. The zero-order valence-corrected chi connectivity index (χ0v) is 18.2. The van der Waals surface area contributed by atoms with Crippen LogP contribution in [0, 0.1) is 13.8 Å². The van der Waals surface area contributed by atoms with Gasteiger partial charge in [0.05, 0.1) is 33.0 Å². The summed E-state index contributed by atoms with van der Waals surface area (Å²) in [5.41, 5.74) is 3.19. The number of aromatic nitrogens is 3. The van der Waals surface area contributed by atoms with E-state index in [-0.39, 0.29) is 5.91 Å². The van der Waals surface area contributed by atoms with Crippen molar-refractivity contribution >= 4 is 55.8 Å². The Bertz CT molecular complexity index is 1170. The number of nitrogens with zero attached hydrogens (tertiary/aromatic N) is 4. The molecule has 4 rings (SSSR count). The molecule has 0 aliphatic rings. The maximum Gasteiger partial charge on any atom is 0.261 e. The van der Waals surface area contributed by atoms with Crippen molar-refractivity contribution in [2.75, 3.05) is 11.4 Å². The van der Waals surface area contributed by atoms with Crippen LogP contribution in [0.2, 0.25) is 10.0 Å². The van der Waals surface area contributed by atoms with E-state index in [4.69, 9.17) is 23.2 Å². The van der Waals surface area contributed by atoms with E-state index in [1.54, 1.807) is 23.1 Å². The monoisotopic (exact) mass is 444 g/mol. The van der Waals surface area contributed by atoms with Gasteiger partial charge in [-0.25, -0.2) is 4.98 Å². The van der Waals surface area contributed by atoms with Gasteiger partial charge in [0, 0.05) is 17.3 Å². The highest BCUT2D eigenvalue weighted by Crippen LogP contribution is 2.31. The summed E-state index contributed by atoms with van der Waals surface area (Å²) in [5, 5.41) is 5.93. The fraction of sp³-hybridized carbons (Fsp3) is 0.190. The second-order valence-corrected chi connectivity index (χ2v) is 8.55. The number of hydrogen-bond donors (Lipinski definition) is 0. The van der Waals surface area contributed by atoms with Gasteiger partial charge in [0.2, 0.25) is 0 Å². The number of thiazole rings is 1. The van der Waals surface area contributed by atoms with Crippen LogP contribution in [0.15, 0.2) is 48.5 Å². The Morgan fingerprint density at radius 3 is 2.66 bits per heavy atom. The third-order valence-corrected chi connectivity index (χ3v) is 6.18. The summed E-state index contributed by atoms with van der Waals surface area (Å²) in [6.07, 6.45) is 0. The molecular formula is C21H18Cl2N4OS. The van der Waals surface area contributed by atoms with Gasteiger partial charge in [-0.2, -0.15) is 5.10 Å². The average Bonchev–Trinajstić information content (AvgIpc) is 3.26. The minimum absolute atomic E-state index is 0.238. The number of anilines is 1. The van der Waals surface area contributed by atoms with E-state index in [2.05, 4.69) is 10.1 Å². The molecule has 2 aromatic heterocycles. The number of hydrogen-bond acceptors (Lipinski definition) is 4. The maximum absolute atomic E-state index is 13.4. The molecule has 5 nitrogen and oxygen atoms in total. The molecule has 0 atom stereocenters. The first-order chi connectivity index (χ1) is 13.9. The number of carbonyl (C=O) groups is 1. The van der Waals surface area contributed by atoms with Crippen LogP contribution in [0.1, 0.15) is 21.7 Å². The van der Waals surface area contributed by atoms with Crippen molar-refractivity contribution in [3.05, 3.63) is 75.5 Å². The maximum atomic E-state index is 13.4. The molecule has 0 aliphatic carbocycles. The molecule has 148 valence electrons. The largest absolute Gasteiger partial charge is 0.282 e. The van der Waals surface area contributed by atoms with Crippen LogP contribution in [-0.4, -0.2) is 27.2 Å². The normalized spacial score (nSPS) is 11.2. The SMILES string of the molecule is Cc1cc(C)n(CCN(C(=O)c2cc(Cl)ccc2Cl)c2nc3ccccc3s2)n1. The molecule has 0 saturated carbocycles. The number of benzene rings is 2. The number of para-hydroxylation sites is 1. The van der Waals surface area contributed by atoms with Crippen LogP contribution in [0.4, 0.5) is 5.13 Å². The van der Waals surface area contributed by atoms with Crippen molar-refractivity contribution in [1.29, 1.82) is 0 Å². The van der Waals surface area contributed by atoms with E-state index in [0.717, 1.165) is 21.6 Å². The van der Waals surface area contributed by atoms with E-state index in [0.29, 0.717) is 33.8 Å². The summed E-state index contributed by atoms with van der Waals surface area (Å²) in [7, 11) is 0. The molecule has 0 aliphatic heterocycles. The van der Waals surface area contributed by atoms with Gasteiger partial charge < -0.3 is 0 Å². The number of rotatable bonds is 5. The lowest BCUT2D eigenvalue weighted by atomic mass is 10.2. The number of aryl methyl sites for hydroxylation is 2. The van der Waals surface area contributed by atoms with Crippen LogP contribution in [0.25, 0.3) is 10.2 Å². The number of fused-ring (bicyclic) bond motifs is 1. The van der Waals surface area contributed by atoms with Crippen LogP contribution >= 0.6 is 34.5 Å². The highest BCUT2D eigenvalue weighted by Gasteiger charge is 2.24. The quantitative estimate of drug-likeness (QED) is 0.392. The van der Waals surface area contributed by atoms with Crippen molar-refractivity contribution < 1.29 is 4.79 Å². The highest BCUT2D eigenvalue weighted by molar-refractivity contribution is 7.22. The molecule has 4 aromatic rings. The fourth-order valence-corrected chi connectivity index (χ4v) is 4.52. The first-order valence-electron chi connectivity index (χ1n) is 9.06. The molecule has 8 heteroatoms. The predicted octanol–water partition coefficient (Wildman–Crippen LogP) is 5.76. The smallest absolute Gasteiger partial charge is 0.261 e. The molecular weight excluding hydrogens is 427 g/mol. The molecule has 2 heterocycles. The Hall–Kier alpha value is -2.41. The van der Waals surface area contributed by atoms with Gasteiger partial charge in [0.1, 0.15) is 0 Å². The summed E-state index contributed by atoms with van der Waals surface area (Å²) in [5.74, 6) is -0.238. The van der Waals surface area contributed by atoms with Crippen molar-refractivity contribution in [1.82, 2.24) is 14.8 Å². The molecule has 29 heavy (non-hydrogen) atoms. The van der Waals surface area contributed by atoms with Crippen molar-refractivity contribution in [2.45, 2.75) is 20.4 Å². The van der Waals surface area contributed by atoms with Crippen LogP contribution < -0.4 is 4.90 Å². The lowest BCUT2D eigenvalue weighted by Crippen LogP contribution is -2.34. The van der Waals surface area contributed by atoms with Gasteiger partial charge in [0.15, 0.2) is 5.13 Å². The molecule has 0 saturated heterocycles. The number of amides is 1. The van der Waals surface area contributed by atoms with E-state index < -0.39 is 0 Å². The van der Waals surface area contributed by atoms with Gasteiger partial charge in [-0.1, -0.05) is 46.7 Å². The third-order valence-electron chi connectivity index (χ3n) is 4.56.